The fraction of sp³-hybridized carbons (Fsp3) is 0.412. The third-order valence-electron chi connectivity index (χ3n) is 3.73. The highest BCUT2D eigenvalue weighted by Gasteiger charge is 2.12. The summed E-state index contributed by atoms with van der Waals surface area (Å²) in [4.78, 5) is 17.5. The maximum atomic E-state index is 11.9. The SMILES string of the molecule is Cc1nc(CNC(=O)NCC(CCO)c2ccccc2)sc1C. The Bertz CT molecular complexity index is 609. The summed E-state index contributed by atoms with van der Waals surface area (Å²) in [6, 6.07) is 9.70. The summed E-state index contributed by atoms with van der Waals surface area (Å²) >= 11 is 1.60. The van der Waals surface area contributed by atoms with Gasteiger partial charge in [-0.1, -0.05) is 30.3 Å². The molecule has 1 aromatic heterocycles. The van der Waals surface area contributed by atoms with Crippen LogP contribution in [0.25, 0.3) is 0 Å². The number of thiazole rings is 1. The van der Waals surface area contributed by atoms with E-state index in [0.717, 1.165) is 16.3 Å². The topological polar surface area (TPSA) is 74.2 Å². The smallest absolute Gasteiger partial charge is 0.315 e. The number of nitrogens with zero attached hydrogens (tertiary/aromatic N) is 1. The van der Waals surface area contributed by atoms with Crippen LogP contribution in [-0.4, -0.2) is 29.3 Å². The molecule has 0 radical (unpaired) electrons. The van der Waals surface area contributed by atoms with Crippen LogP contribution in [0.3, 0.4) is 0 Å². The fourth-order valence-corrected chi connectivity index (χ4v) is 3.19. The Morgan fingerprint density at radius 3 is 2.61 bits per heavy atom. The molecule has 2 aromatic rings. The van der Waals surface area contributed by atoms with Crippen molar-refractivity contribution >= 4 is 17.4 Å². The molecular weight excluding hydrogens is 310 g/mol. The van der Waals surface area contributed by atoms with E-state index in [4.69, 9.17) is 0 Å². The average molecular weight is 333 g/mol. The standard InChI is InChI=1S/C17H23N3O2S/c1-12-13(2)23-16(20-12)11-19-17(22)18-10-15(8-9-21)14-6-4-3-5-7-14/h3-7,15,21H,8-11H2,1-2H3,(H2,18,19,22). The lowest BCUT2D eigenvalue weighted by molar-refractivity contribution is 0.237. The number of hydrogen-bond donors (Lipinski definition) is 3. The van der Waals surface area contributed by atoms with Crippen LogP contribution >= 0.6 is 11.3 Å². The highest BCUT2D eigenvalue weighted by molar-refractivity contribution is 7.11. The number of nitrogens with one attached hydrogen (secondary N) is 2. The molecule has 0 aliphatic rings. The first-order valence-electron chi connectivity index (χ1n) is 7.70. The Balaban J connectivity index is 1.82. The van der Waals surface area contributed by atoms with E-state index in [-0.39, 0.29) is 18.6 Å². The van der Waals surface area contributed by atoms with Crippen molar-refractivity contribution < 1.29 is 9.90 Å². The molecule has 0 fully saturated rings. The van der Waals surface area contributed by atoms with Crippen molar-refractivity contribution in [2.75, 3.05) is 13.2 Å². The molecule has 1 heterocycles. The monoisotopic (exact) mass is 333 g/mol. The number of aromatic nitrogens is 1. The van der Waals surface area contributed by atoms with Gasteiger partial charge in [-0.2, -0.15) is 0 Å². The molecule has 0 aliphatic carbocycles. The quantitative estimate of drug-likeness (QED) is 0.729. The van der Waals surface area contributed by atoms with Crippen LogP contribution in [0, 0.1) is 13.8 Å². The van der Waals surface area contributed by atoms with E-state index in [1.807, 2.05) is 44.2 Å². The first kappa shape index (κ1) is 17.4. The molecule has 0 saturated carbocycles. The molecule has 0 bridgehead atoms. The lowest BCUT2D eigenvalue weighted by atomic mass is 9.96. The number of hydrogen-bond acceptors (Lipinski definition) is 4. The van der Waals surface area contributed by atoms with Crippen LogP contribution in [0.15, 0.2) is 30.3 Å². The van der Waals surface area contributed by atoms with Crippen molar-refractivity contribution in [2.24, 2.45) is 0 Å². The number of carbonyl (C=O) groups excluding carboxylic acids is 1. The van der Waals surface area contributed by atoms with Gasteiger partial charge in [0.25, 0.3) is 0 Å². The van der Waals surface area contributed by atoms with Gasteiger partial charge in [0.15, 0.2) is 0 Å². The van der Waals surface area contributed by atoms with Gasteiger partial charge in [0.1, 0.15) is 5.01 Å². The average Bonchev–Trinajstić information content (AvgIpc) is 2.88. The lowest BCUT2D eigenvalue weighted by Crippen LogP contribution is -2.37. The first-order valence-corrected chi connectivity index (χ1v) is 8.52. The number of aliphatic hydroxyl groups excluding tert-OH is 1. The molecule has 1 unspecified atom stereocenters. The van der Waals surface area contributed by atoms with Crippen molar-refractivity contribution in [3.8, 4) is 0 Å². The zero-order valence-electron chi connectivity index (χ0n) is 13.5. The molecule has 2 amide bonds. The summed E-state index contributed by atoms with van der Waals surface area (Å²) in [7, 11) is 0. The number of amides is 2. The summed E-state index contributed by atoms with van der Waals surface area (Å²) in [5.41, 5.74) is 2.13. The molecule has 2 rings (SSSR count). The van der Waals surface area contributed by atoms with Gasteiger partial charge in [-0.05, 0) is 25.8 Å². The maximum Gasteiger partial charge on any atom is 0.315 e. The van der Waals surface area contributed by atoms with Crippen molar-refractivity contribution in [1.82, 2.24) is 15.6 Å². The molecule has 0 saturated heterocycles. The number of rotatable bonds is 7. The fourth-order valence-electron chi connectivity index (χ4n) is 2.32. The molecule has 124 valence electrons. The van der Waals surface area contributed by atoms with Gasteiger partial charge in [0.05, 0.1) is 12.2 Å². The van der Waals surface area contributed by atoms with Crippen LogP contribution in [-0.2, 0) is 6.54 Å². The molecule has 3 N–H and O–H groups in total. The van der Waals surface area contributed by atoms with Crippen molar-refractivity contribution in [3.05, 3.63) is 51.5 Å². The number of aryl methyl sites for hydroxylation is 2. The van der Waals surface area contributed by atoms with Crippen molar-refractivity contribution in [1.29, 1.82) is 0 Å². The predicted octanol–water partition coefficient (Wildman–Crippen LogP) is 2.73. The van der Waals surface area contributed by atoms with E-state index in [1.165, 1.54) is 4.88 Å². The van der Waals surface area contributed by atoms with Gasteiger partial charge in [0, 0.05) is 23.9 Å². The third kappa shape index (κ3) is 5.33. The second-order valence-corrected chi connectivity index (χ2v) is 6.72. The zero-order chi connectivity index (χ0) is 16.7. The van der Waals surface area contributed by atoms with Gasteiger partial charge in [-0.15, -0.1) is 11.3 Å². The summed E-state index contributed by atoms with van der Waals surface area (Å²) in [6.07, 6.45) is 0.620. The highest BCUT2D eigenvalue weighted by atomic mass is 32.1. The van der Waals surface area contributed by atoms with Crippen LogP contribution in [0.1, 0.15) is 33.5 Å². The summed E-state index contributed by atoms with van der Waals surface area (Å²) in [5, 5.41) is 15.8. The Hall–Kier alpha value is -1.92. The van der Waals surface area contributed by atoms with Crippen molar-refractivity contribution in [2.45, 2.75) is 32.7 Å². The number of benzene rings is 1. The van der Waals surface area contributed by atoms with Crippen LogP contribution in [0.4, 0.5) is 4.79 Å². The minimum absolute atomic E-state index is 0.0977. The number of aliphatic hydroxyl groups is 1. The summed E-state index contributed by atoms with van der Waals surface area (Å²) < 4.78 is 0. The third-order valence-corrected chi connectivity index (χ3v) is 4.80. The summed E-state index contributed by atoms with van der Waals surface area (Å²) in [6.45, 7) is 5.01. The van der Waals surface area contributed by atoms with Crippen LogP contribution in [0.5, 0.6) is 0 Å². The van der Waals surface area contributed by atoms with Gasteiger partial charge < -0.3 is 15.7 Å². The van der Waals surface area contributed by atoms with Gasteiger partial charge in [0.2, 0.25) is 0 Å². The molecule has 0 aliphatic heterocycles. The minimum atomic E-state index is -0.214. The second kappa shape index (κ2) is 8.64. The minimum Gasteiger partial charge on any atom is -0.396 e. The van der Waals surface area contributed by atoms with Gasteiger partial charge in [-0.25, -0.2) is 9.78 Å². The Kier molecular flexibility index (Phi) is 6.55. The zero-order valence-corrected chi connectivity index (χ0v) is 14.3. The molecule has 6 heteroatoms. The largest absolute Gasteiger partial charge is 0.396 e. The van der Waals surface area contributed by atoms with E-state index >= 15 is 0 Å². The van der Waals surface area contributed by atoms with E-state index in [2.05, 4.69) is 15.6 Å². The Morgan fingerprint density at radius 1 is 1.26 bits per heavy atom. The van der Waals surface area contributed by atoms with Crippen LogP contribution in [0.2, 0.25) is 0 Å². The Morgan fingerprint density at radius 2 is 2.00 bits per heavy atom. The molecule has 1 atom stereocenters. The van der Waals surface area contributed by atoms with E-state index in [9.17, 15) is 9.90 Å². The second-order valence-electron chi connectivity index (χ2n) is 5.43. The molecule has 5 nitrogen and oxygen atoms in total. The van der Waals surface area contributed by atoms with Crippen molar-refractivity contribution in [3.63, 3.8) is 0 Å². The van der Waals surface area contributed by atoms with Gasteiger partial charge in [-0.3, -0.25) is 0 Å². The number of carbonyl (C=O) groups is 1. The summed E-state index contributed by atoms with van der Waals surface area (Å²) in [5.74, 6) is 0.108. The first-order chi connectivity index (χ1) is 11.1. The molecular formula is C17H23N3O2S. The van der Waals surface area contributed by atoms with E-state index in [0.29, 0.717) is 19.5 Å². The number of urea groups is 1. The van der Waals surface area contributed by atoms with Crippen LogP contribution < -0.4 is 10.6 Å². The molecule has 23 heavy (non-hydrogen) atoms. The maximum absolute atomic E-state index is 11.9. The van der Waals surface area contributed by atoms with E-state index < -0.39 is 0 Å². The molecule has 1 aromatic carbocycles. The highest BCUT2D eigenvalue weighted by Crippen LogP contribution is 2.18. The van der Waals surface area contributed by atoms with E-state index in [1.54, 1.807) is 11.3 Å². The lowest BCUT2D eigenvalue weighted by Gasteiger charge is -2.17. The normalized spacial score (nSPS) is 12.0. The van der Waals surface area contributed by atoms with Gasteiger partial charge >= 0.3 is 6.03 Å². The predicted molar refractivity (Wildman–Crippen MR) is 92.7 cm³/mol. The Labute approximate surface area is 140 Å². The molecule has 0 spiro atoms.